The smallest absolute Gasteiger partial charge is 0.243 e. The Morgan fingerprint density at radius 2 is 1.62 bits per heavy atom. The van der Waals surface area contributed by atoms with Gasteiger partial charge in [-0.25, -0.2) is 8.42 Å². The van der Waals surface area contributed by atoms with Crippen LogP contribution >= 0.6 is 31.9 Å². The molecule has 32 heavy (non-hydrogen) atoms. The van der Waals surface area contributed by atoms with Crippen LogP contribution in [0.3, 0.4) is 0 Å². The second kappa shape index (κ2) is 10.1. The van der Waals surface area contributed by atoms with Gasteiger partial charge in [-0.1, -0.05) is 20.8 Å². The molecule has 3 rings (SSSR count). The van der Waals surface area contributed by atoms with E-state index >= 15 is 0 Å². The van der Waals surface area contributed by atoms with Crippen LogP contribution in [0.1, 0.15) is 55.3 Å². The SMILES string of the molecule is CCCN(CCC)S(=O)(=O)c1ccc2c(C(=O)c3cc(Br)c(O)c(Br)c3)c(CC)oc2c1. The monoisotopic (exact) mass is 585 g/mol. The van der Waals surface area contributed by atoms with Crippen LogP contribution in [-0.2, 0) is 16.4 Å². The van der Waals surface area contributed by atoms with Crippen LogP contribution in [0.4, 0.5) is 0 Å². The van der Waals surface area contributed by atoms with E-state index < -0.39 is 10.0 Å². The fourth-order valence-electron chi connectivity index (χ4n) is 3.63. The Hall–Kier alpha value is -1.68. The lowest BCUT2D eigenvalue weighted by Crippen LogP contribution is -2.32. The van der Waals surface area contributed by atoms with Crippen LogP contribution in [0.5, 0.6) is 5.75 Å². The number of aromatic hydroxyl groups is 1. The first-order valence-electron chi connectivity index (χ1n) is 10.4. The molecule has 3 aromatic rings. The van der Waals surface area contributed by atoms with E-state index in [0.29, 0.717) is 56.3 Å². The predicted octanol–water partition coefficient (Wildman–Crippen LogP) is 6.27. The van der Waals surface area contributed by atoms with Gasteiger partial charge in [0.25, 0.3) is 0 Å². The van der Waals surface area contributed by atoms with Gasteiger partial charge < -0.3 is 9.52 Å². The zero-order valence-corrected chi connectivity index (χ0v) is 22.1. The average Bonchev–Trinajstić information content (AvgIpc) is 3.14. The highest BCUT2D eigenvalue weighted by Crippen LogP contribution is 2.36. The molecule has 0 aliphatic heterocycles. The second-order valence-electron chi connectivity index (χ2n) is 7.43. The van der Waals surface area contributed by atoms with E-state index in [-0.39, 0.29) is 16.4 Å². The third kappa shape index (κ3) is 4.66. The molecule has 0 radical (unpaired) electrons. The zero-order valence-electron chi connectivity index (χ0n) is 18.1. The molecule has 0 aliphatic carbocycles. The fraction of sp³-hybridized carbons (Fsp3) is 0.348. The number of fused-ring (bicyclic) bond motifs is 1. The van der Waals surface area contributed by atoms with E-state index in [1.807, 2.05) is 20.8 Å². The number of benzene rings is 2. The first-order chi connectivity index (χ1) is 15.1. The summed E-state index contributed by atoms with van der Waals surface area (Å²) in [7, 11) is -3.67. The number of ketones is 1. The standard InChI is InChI=1S/C23H25Br2NO5S/c1-4-9-26(10-5-2)32(29,30)15-7-8-16-20(13-15)31-19(6-3)21(16)22(27)14-11-17(24)23(28)18(25)12-14/h7-8,11-13,28H,4-6,9-10H2,1-3H3. The summed E-state index contributed by atoms with van der Waals surface area (Å²) < 4.78 is 34.5. The molecule has 0 spiro atoms. The third-order valence-electron chi connectivity index (χ3n) is 5.15. The summed E-state index contributed by atoms with van der Waals surface area (Å²) in [6, 6.07) is 7.77. The number of carbonyl (C=O) groups is 1. The van der Waals surface area contributed by atoms with Gasteiger partial charge in [0.2, 0.25) is 10.0 Å². The van der Waals surface area contributed by atoms with Crippen LogP contribution < -0.4 is 0 Å². The number of nitrogens with zero attached hydrogens (tertiary/aromatic N) is 1. The maximum Gasteiger partial charge on any atom is 0.243 e. The predicted molar refractivity (Wildman–Crippen MR) is 132 cm³/mol. The maximum absolute atomic E-state index is 13.4. The van der Waals surface area contributed by atoms with Gasteiger partial charge in [-0.2, -0.15) is 4.31 Å². The van der Waals surface area contributed by atoms with E-state index in [0.717, 1.165) is 12.8 Å². The normalized spacial score (nSPS) is 12.1. The number of sulfonamides is 1. The van der Waals surface area contributed by atoms with Gasteiger partial charge in [0.15, 0.2) is 5.78 Å². The minimum Gasteiger partial charge on any atom is -0.506 e. The summed E-state index contributed by atoms with van der Waals surface area (Å²) >= 11 is 6.51. The van der Waals surface area contributed by atoms with Crippen molar-refractivity contribution in [3.63, 3.8) is 0 Å². The van der Waals surface area contributed by atoms with Crippen molar-refractivity contribution in [2.45, 2.75) is 44.9 Å². The number of halogens is 2. The van der Waals surface area contributed by atoms with E-state index in [4.69, 9.17) is 4.42 Å². The molecule has 1 N–H and O–H groups in total. The molecular weight excluding hydrogens is 562 g/mol. The van der Waals surface area contributed by atoms with Gasteiger partial charge in [-0.15, -0.1) is 0 Å². The quantitative estimate of drug-likeness (QED) is 0.299. The number of hydrogen-bond donors (Lipinski definition) is 1. The fourth-order valence-corrected chi connectivity index (χ4v) is 6.45. The van der Waals surface area contributed by atoms with Crippen molar-refractivity contribution in [2.24, 2.45) is 0 Å². The summed E-state index contributed by atoms with van der Waals surface area (Å²) in [5.41, 5.74) is 1.12. The Morgan fingerprint density at radius 3 is 2.16 bits per heavy atom. The highest BCUT2D eigenvalue weighted by molar-refractivity contribution is 9.11. The summed E-state index contributed by atoms with van der Waals surface area (Å²) in [6.07, 6.45) is 1.91. The Kier molecular flexibility index (Phi) is 7.85. The van der Waals surface area contributed by atoms with Gasteiger partial charge in [0.1, 0.15) is 17.1 Å². The van der Waals surface area contributed by atoms with Crippen LogP contribution in [-0.4, -0.2) is 36.7 Å². The van der Waals surface area contributed by atoms with E-state index in [1.165, 1.54) is 16.4 Å². The molecule has 0 fully saturated rings. The summed E-state index contributed by atoms with van der Waals surface area (Å²) in [4.78, 5) is 13.5. The molecule has 0 unspecified atom stereocenters. The molecule has 0 atom stereocenters. The molecule has 6 nitrogen and oxygen atoms in total. The maximum atomic E-state index is 13.4. The molecule has 0 saturated heterocycles. The lowest BCUT2D eigenvalue weighted by Gasteiger charge is -2.20. The van der Waals surface area contributed by atoms with Crippen molar-refractivity contribution in [1.29, 1.82) is 0 Å². The Bertz CT molecular complexity index is 1240. The summed E-state index contributed by atoms with van der Waals surface area (Å²) in [6.45, 7) is 6.65. The first-order valence-corrected chi connectivity index (χ1v) is 13.5. The minimum atomic E-state index is -3.67. The molecule has 0 bridgehead atoms. The van der Waals surface area contributed by atoms with Crippen molar-refractivity contribution < 1.29 is 22.7 Å². The number of phenolic OH excluding ortho intramolecular Hbond substituents is 1. The molecule has 2 aromatic carbocycles. The van der Waals surface area contributed by atoms with Crippen LogP contribution in [0.2, 0.25) is 0 Å². The van der Waals surface area contributed by atoms with Crippen molar-refractivity contribution >= 4 is 58.6 Å². The third-order valence-corrected chi connectivity index (χ3v) is 8.25. The summed E-state index contributed by atoms with van der Waals surface area (Å²) in [5, 5.41) is 10.5. The molecule has 0 aliphatic rings. The highest BCUT2D eigenvalue weighted by Gasteiger charge is 2.27. The molecule has 0 saturated carbocycles. The second-order valence-corrected chi connectivity index (χ2v) is 11.1. The highest BCUT2D eigenvalue weighted by atomic mass is 79.9. The van der Waals surface area contributed by atoms with Crippen molar-refractivity contribution in [2.75, 3.05) is 13.1 Å². The molecule has 9 heteroatoms. The molecule has 1 heterocycles. The number of rotatable bonds is 9. The number of carbonyl (C=O) groups excluding carboxylic acids is 1. The van der Waals surface area contributed by atoms with Gasteiger partial charge >= 0.3 is 0 Å². The number of phenols is 1. The average molecular weight is 587 g/mol. The van der Waals surface area contributed by atoms with E-state index in [9.17, 15) is 18.3 Å². The zero-order chi connectivity index (χ0) is 23.6. The first kappa shape index (κ1) is 25.0. The minimum absolute atomic E-state index is 0.00729. The molecular formula is C23H25Br2NO5S. The lowest BCUT2D eigenvalue weighted by molar-refractivity contribution is 0.103. The van der Waals surface area contributed by atoms with Crippen molar-refractivity contribution in [3.05, 3.63) is 56.2 Å². The number of furan rings is 1. The Labute approximate surface area is 204 Å². The van der Waals surface area contributed by atoms with Gasteiger partial charge in [-0.3, -0.25) is 4.79 Å². The van der Waals surface area contributed by atoms with Gasteiger partial charge in [0, 0.05) is 36.5 Å². The van der Waals surface area contributed by atoms with E-state index in [1.54, 1.807) is 18.2 Å². The molecule has 172 valence electrons. The Balaban J connectivity index is 2.12. The van der Waals surface area contributed by atoms with Crippen molar-refractivity contribution in [3.8, 4) is 5.75 Å². The molecule has 1 aromatic heterocycles. The number of aryl methyl sites for hydroxylation is 1. The van der Waals surface area contributed by atoms with Crippen LogP contribution in [0.15, 0.2) is 48.6 Å². The largest absolute Gasteiger partial charge is 0.506 e. The molecule has 0 amide bonds. The van der Waals surface area contributed by atoms with Gasteiger partial charge in [-0.05, 0) is 69.0 Å². The van der Waals surface area contributed by atoms with Crippen LogP contribution in [0, 0.1) is 0 Å². The van der Waals surface area contributed by atoms with Crippen LogP contribution in [0.25, 0.3) is 11.0 Å². The lowest BCUT2D eigenvalue weighted by atomic mass is 9.99. The number of hydrogen-bond acceptors (Lipinski definition) is 5. The summed E-state index contributed by atoms with van der Waals surface area (Å²) in [5.74, 6) is 0.225. The van der Waals surface area contributed by atoms with E-state index in [2.05, 4.69) is 31.9 Å². The topological polar surface area (TPSA) is 87.8 Å². The Morgan fingerprint density at radius 1 is 1.03 bits per heavy atom. The van der Waals surface area contributed by atoms with Crippen molar-refractivity contribution in [1.82, 2.24) is 4.31 Å². The van der Waals surface area contributed by atoms with Gasteiger partial charge in [0.05, 0.1) is 19.4 Å².